The van der Waals surface area contributed by atoms with Gasteiger partial charge >= 0.3 is 0 Å². The van der Waals surface area contributed by atoms with Gasteiger partial charge in [-0.15, -0.1) is 0 Å². The van der Waals surface area contributed by atoms with Gasteiger partial charge in [0.2, 0.25) is 0 Å². The first-order valence-electron chi connectivity index (χ1n) is 3.49. The second-order valence-electron chi connectivity index (χ2n) is 2.99. The summed E-state index contributed by atoms with van der Waals surface area (Å²) in [7, 11) is -2.80. The normalized spacial score (nSPS) is 31.3. The van der Waals surface area contributed by atoms with Gasteiger partial charge in [0.25, 0.3) is 0 Å². The van der Waals surface area contributed by atoms with E-state index in [-0.39, 0.29) is 11.3 Å². The monoisotopic (exact) mass is 163 g/mol. The van der Waals surface area contributed by atoms with Crippen LogP contribution in [0.5, 0.6) is 0 Å². The lowest BCUT2D eigenvalue weighted by Crippen LogP contribution is -2.32. The number of nitrogens with one attached hydrogen (secondary N) is 1. The first-order valence-corrected chi connectivity index (χ1v) is 5.20. The number of hydrogen-bond donors (Lipinski definition) is 1. The number of hydrogen-bond acceptors (Lipinski definition) is 3. The highest BCUT2D eigenvalue weighted by molar-refractivity contribution is 7.92. The average molecular weight is 163 g/mol. The molecule has 1 N–H and O–H groups in total. The first-order chi connectivity index (χ1) is 4.54. The van der Waals surface area contributed by atoms with Crippen LogP contribution in [0.3, 0.4) is 0 Å². The summed E-state index contributed by atoms with van der Waals surface area (Å²) >= 11 is 0. The van der Waals surface area contributed by atoms with Crippen LogP contribution in [-0.4, -0.2) is 26.1 Å². The summed E-state index contributed by atoms with van der Waals surface area (Å²) in [5.74, 6) is 0.489. The summed E-state index contributed by atoms with van der Waals surface area (Å²) in [5.41, 5.74) is 0. The van der Waals surface area contributed by atoms with Crippen molar-refractivity contribution in [3.63, 3.8) is 0 Å². The van der Waals surface area contributed by atoms with E-state index in [1.54, 1.807) is 0 Å². The predicted octanol–water partition coefficient (Wildman–Crippen LogP) is -0.0135. The fourth-order valence-electron chi connectivity index (χ4n) is 1.25. The minimum absolute atomic E-state index is 0.187. The Morgan fingerprint density at radius 3 is 2.30 bits per heavy atom. The zero-order valence-electron chi connectivity index (χ0n) is 6.29. The fraction of sp³-hybridized carbons (Fsp3) is 1.00. The van der Waals surface area contributed by atoms with Crippen molar-refractivity contribution in [2.75, 3.05) is 12.3 Å². The summed E-state index contributed by atoms with van der Waals surface area (Å²) in [5, 5.41) is 2.66. The molecule has 0 bridgehead atoms. The second kappa shape index (κ2) is 2.51. The van der Waals surface area contributed by atoms with Gasteiger partial charge in [-0.2, -0.15) is 0 Å². The highest BCUT2D eigenvalue weighted by Gasteiger charge is 2.32. The quantitative estimate of drug-likeness (QED) is 0.591. The smallest absolute Gasteiger partial charge is 0.167 e. The molecule has 1 atom stereocenters. The molecule has 60 valence electrons. The topological polar surface area (TPSA) is 46.2 Å². The molecule has 10 heavy (non-hydrogen) atoms. The third-order valence-corrected chi connectivity index (χ3v) is 3.98. The molecule has 0 aliphatic carbocycles. The van der Waals surface area contributed by atoms with Gasteiger partial charge in [-0.05, 0) is 5.92 Å². The standard InChI is InChI=1S/C6H13NO2S/c1-5(2)6-7-3-4-10(6,8)9/h5-7H,3-4H2,1-2H3. The summed E-state index contributed by atoms with van der Waals surface area (Å²) in [6.45, 7) is 4.45. The summed E-state index contributed by atoms with van der Waals surface area (Å²) in [4.78, 5) is 0. The van der Waals surface area contributed by atoms with Crippen molar-refractivity contribution in [2.45, 2.75) is 19.2 Å². The molecular weight excluding hydrogens is 150 g/mol. The Bertz CT molecular complexity index is 208. The van der Waals surface area contributed by atoms with Crippen LogP contribution in [0.4, 0.5) is 0 Å². The third-order valence-electron chi connectivity index (χ3n) is 1.72. The predicted molar refractivity (Wildman–Crippen MR) is 40.4 cm³/mol. The van der Waals surface area contributed by atoms with Crippen LogP contribution < -0.4 is 5.32 Å². The molecule has 0 aromatic carbocycles. The highest BCUT2D eigenvalue weighted by atomic mass is 32.2. The number of sulfone groups is 1. The van der Waals surface area contributed by atoms with Crippen molar-refractivity contribution < 1.29 is 8.42 Å². The largest absolute Gasteiger partial charge is 0.300 e. The molecule has 1 fully saturated rings. The maximum absolute atomic E-state index is 11.1. The van der Waals surface area contributed by atoms with Gasteiger partial charge in [0.05, 0.1) is 5.75 Å². The van der Waals surface area contributed by atoms with E-state index in [9.17, 15) is 8.42 Å². The van der Waals surface area contributed by atoms with Crippen molar-refractivity contribution in [2.24, 2.45) is 5.92 Å². The molecule has 0 saturated carbocycles. The zero-order valence-corrected chi connectivity index (χ0v) is 7.11. The lowest BCUT2D eigenvalue weighted by Gasteiger charge is -2.12. The van der Waals surface area contributed by atoms with Crippen LogP contribution in [-0.2, 0) is 9.84 Å². The zero-order chi connectivity index (χ0) is 7.78. The van der Waals surface area contributed by atoms with E-state index < -0.39 is 9.84 Å². The van der Waals surface area contributed by atoms with Crippen molar-refractivity contribution in [3.8, 4) is 0 Å². The first kappa shape index (κ1) is 8.01. The minimum Gasteiger partial charge on any atom is -0.300 e. The molecule has 0 spiro atoms. The van der Waals surface area contributed by atoms with E-state index in [1.807, 2.05) is 13.8 Å². The van der Waals surface area contributed by atoms with Crippen molar-refractivity contribution in [1.82, 2.24) is 5.32 Å². The molecule has 1 aliphatic heterocycles. The molecule has 0 aromatic heterocycles. The second-order valence-corrected chi connectivity index (χ2v) is 5.23. The maximum Gasteiger partial charge on any atom is 0.167 e. The van der Waals surface area contributed by atoms with Gasteiger partial charge in [-0.3, -0.25) is 5.32 Å². The Kier molecular flexibility index (Phi) is 2.01. The third kappa shape index (κ3) is 1.32. The Hall–Kier alpha value is -0.0900. The highest BCUT2D eigenvalue weighted by Crippen LogP contribution is 2.14. The molecule has 1 unspecified atom stereocenters. The average Bonchev–Trinajstić information content (AvgIpc) is 2.08. The molecule has 0 aromatic rings. The lowest BCUT2D eigenvalue weighted by molar-refractivity contribution is 0.509. The molecular formula is C6H13NO2S. The van der Waals surface area contributed by atoms with Gasteiger partial charge in [0.15, 0.2) is 9.84 Å². The molecule has 1 aliphatic rings. The van der Waals surface area contributed by atoms with E-state index in [0.29, 0.717) is 12.3 Å². The fourth-order valence-corrected chi connectivity index (χ4v) is 3.11. The Labute approximate surface area is 61.7 Å². The van der Waals surface area contributed by atoms with E-state index in [2.05, 4.69) is 5.32 Å². The Morgan fingerprint density at radius 2 is 2.10 bits per heavy atom. The molecule has 3 nitrogen and oxygen atoms in total. The number of rotatable bonds is 1. The molecule has 0 radical (unpaired) electrons. The van der Waals surface area contributed by atoms with Crippen LogP contribution in [0, 0.1) is 5.92 Å². The Morgan fingerprint density at radius 1 is 1.50 bits per heavy atom. The molecule has 0 amide bonds. The van der Waals surface area contributed by atoms with Crippen LogP contribution >= 0.6 is 0 Å². The van der Waals surface area contributed by atoms with Gasteiger partial charge in [-0.1, -0.05) is 13.8 Å². The lowest BCUT2D eigenvalue weighted by atomic mass is 10.2. The molecule has 1 saturated heterocycles. The molecule has 4 heteroatoms. The van der Waals surface area contributed by atoms with Crippen LogP contribution in [0.2, 0.25) is 0 Å². The van der Waals surface area contributed by atoms with Crippen molar-refractivity contribution in [3.05, 3.63) is 0 Å². The van der Waals surface area contributed by atoms with E-state index in [0.717, 1.165) is 0 Å². The minimum atomic E-state index is -2.80. The summed E-state index contributed by atoms with van der Waals surface area (Å²) < 4.78 is 22.3. The summed E-state index contributed by atoms with van der Waals surface area (Å²) in [6.07, 6.45) is 0. The van der Waals surface area contributed by atoms with Gasteiger partial charge in [-0.25, -0.2) is 8.42 Å². The van der Waals surface area contributed by atoms with E-state index in [1.165, 1.54) is 0 Å². The van der Waals surface area contributed by atoms with Crippen LogP contribution in [0.25, 0.3) is 0 Å². The van der Waals surface area contributed by atoms with Crippen molar-refractivity contribution >= 4 is 9.84 Å². The van der Waals surface area contributed by atoms with Crippen molar-refractivity contribution in [1.29, 1.82) is 0 Å². The van der Waals surface area contributed by atoms with Gasteiger partial charge < -0.3 is 0 Å². The van der Waals surface area contributed by atoms with E-state index >= 15 is 0 Å². The van der Waals surface area contributed by atoms with Crippen LogP contribution in [0.1, 0.15) is 13.8 Å². The van der Waals surface area contributed by atoms with Gasteiger partial charge in [0, 0.05) is 6.54 Å². The van der Waals surface area contributed by atoms with Gasteiger partial charge in [0.1, 0.15) is 5.37 Å². The Balaban J connectivity index is 2.79. The van der Waals surface area contributed by atoms with Crippen LogP contribution in [0.15, 0.2) is 0 Å². The summed E-state index contributed by atoms with van der Waals surface area (Å²) in [6, 6.07) is 0. The maximum atomic E-state index is 11.1. The SMILES string of the molecule is CC(C)C1NCCS1(=O)=O. The molecule has 1 rings (SSSR count). The molecule has 1 heterocycles. The van der Waals surface area contributed by atoms with E-state index in [4.69, 9.17) is 0 Å².